The predicted octanol–water partition coefficient (Wildman–Crippen LogP) is 1.85. The summed E-state index contributed by atoms with van der Waals surface area (Å²) in [4.78, 5) is 18.0. The summed E-state index contributed by atoms with van der Waals surface area (Å²) in [7, 11) is 0. The number of hydrogen-bond donors (Lipinski definition) is 1. The van der Waals surface area contributed by atoms with Gasteiger partial charge in [-0.3, -0.25) is 4.79 Å². The van der Waals surface area contributed by atoms with Crippen molar-refractivity contribution in [2.45, 2.75) is 32.3 Å². The van der Waals surface area contributed by atoms with Crippen LogP contribution < -0.4 is 0 Å². The monoisotopic (exact) mass is 268 g/mol. The molecule has 0 bridgehead atoms. The number of aliphatic hydroxyl groups is 1. The van der Waals surface area contributed by atoms with Gasteiger partial charge < -0.3 is 10.0 Å². The van der Waals surface area contributed by atoms with E-state index in [9.17, 15) is 9.90 Å². The Labute approximate surface area is 112 Å². The lowest BCUT2D eigenvalue weighted by molar-refractivity contribution is 0.00587. The van der Waals surface area contributed by atoms with E-state index in [-0.39, 0.29) is 11.3 Å². The fourth-order valence-electron chi connectivity index (χ4n) is 1.81. The van der Waals surface area contributed by atoms with E-state index in [4.69, 9.17) is 11.6 Å². The van der Waals surface area contributed by atoms with E-state index in [0.717, 1.165) is 5.69 Å². The molecule has 2 heterocycles. The van der Waals surface area contributed by atoms with Gasteiger partial charge in [0, 0.05) is 29.8 Å². The van der Waals surface area contributed by atoms with E-state index >= 15 is 0 Å². The highest BCUT2D eigenvalue weighted by atomic mass is 35.5. The lowest BCUT2D eigenvalue weighted by atomic mass is 9.90. The molecule has 0 radical (unpaired) electrons. The Bertz CT molecular complexity index is 476. The van der Waals surface area contributed by atoms with Crippen molar-refractivity contribution in [3.8, 4) is 0 Å². The van der Waals surface area contributed by atoms with Crippen molar-refractivity contribution in [1.82, 2.24) is 9.88 Å². The molecule has 1 aliphatic rings. The van der Waals surface area contributed by atoms with Crippen LogP contribution in [0.4, 0.5) is 0 Å². The van der Waals surface area contributed by atoms with Crippen LogP contribution in [0.5, 0.6) is 0 Å². The number of rotatable bonds is 1. The Morgan fingerprint density at radius 1 is 1.44 bits per heavy atom. The second-order valence-electron chi connectivity index (χ2n) is 5.68. The summed E-state index contributed by atoms with van der Waals surface area (Å²) < 4.78 is 0. The molecule has 1 saturated heterocycles. The summed E-state index contributed by atoms with van der Waals surface area (Å²) in [6.45, 7) is 6.85. The molecule has 0 unspecified atom stereocenters. The number of aliphatic hydroxyl groups excluding tert-OH is 1. The number of amides is 1. The average Bonchev–Trinajstić information content (AvgIpc) is 2.22. The first kappa shape index (κ1) is 13.3. The van der Waals surface area contributed by atoms with Crippen LogP contribution in [0.1, 0.15) is 36.8 Å². The highest BCUT2D eigenvalue weighted by Gasteiger charge is 2.30. The maximum Gasteiger partial charge on any atom is 0.254 e. The maximum absolute atomic E-state index is 12.1. The molecule has 5 heteroatoms. The third-order valence-electron chi connectivity index (χ3n) is 2.96. The highest BCUT2D eigenvalue weighted by Crippen LogP contribution is 2.24. The molecule has 1 N–H and O–H groups in total. The Kier molecular flexibility index (Phi) is 3.34. The molecule has 1 fully saturated rings. The lowest BCUT2D eigenvalue weighted by Crippen LogP contribution is -2.53. The minimum Gasteiger partial charge on any atom is -0.389 e. The van der Waals surface area contributed by atoms with Crippen LogP contribution in [-0.4, -0.2) is 40.1 Å². The Morgan fingerprint density at radius 3 is 2.56 bits per heavy atom. The quantitative estimate of drug-likeness (QED) is 0.791. The number of halogens is 1. The first-order valence-corrected chi connectivity index (χ1v) is 6.30. The third kappa shape index (κ3) is 2.65. The minimum absolute atomic E-state index is 0.102. The van der Waals surface area contributed by atoms with Crippen LogP contribution in [0.15, 0.2) is 12.1 Å². The zero-order chi connectivity index (χ0) is 13.5. The Morgan fingerprint density at radius 2 is 2.06 bits per heavy atom. The van der Waals surface area contributed by atoms with Crippen molar-refractivity contribution in [2.24, 2.45) is 0 Å². The Balaban J connectivity index is 2.28. The molecule has 0 aromatic carbocycles. The number of carbonyl (C=O) groups excluding carboxylic acids is 1. The molecule has 2 rings (SSSR count). The normalized spacial score (nSPS) is 16.6. The number of likely N-dealkylation sites (tertiary alicyclic amines) is 1. The molecule has 0 spiro atoms. The van der Waals surface area contributed by atoms with Crippen molar-refractivity contribution in [3.05, 3.63) is 28.5 Å². The molecule has 1 amide bonds. The van der Waals surface area contributed by atoms with Gasteiger partial charge >= 0.3 is 0 Å². The number of nitrogens with zero attached hydrogens (tertiary/aromatic N) is 2. The summed E-state index contributed by atoms with van der Waals surface area (Å²) in [5, 5.41) is 9.55. The zero-order valence-electron chi connectivity index (χ0n) is 10.8. The van der Waals surface area contributed by atoms with Crippen molar-refractivity contribution >= 4 is 17.5 Å². The predicted molar refractivity (Wildman–Crippen MR) is 69.9 cm³/mol. The second kappa shape index (κ2) is 4.52. The topological polar surface area (TPSA) is 53.4 Å². The molecule has 0 aliphatic carbocycles. The average molecular weight is 269 g/mol. The van der Waals surface area contributed by atoms with Gasteiger partial charge in [-0.15, -0.1) is 0 Å². The largest absolute Gasteiger partial charge is 0.389 e. The lowest BCUT2D eigenvalue weighted by Gasteiger charge is -2.36. The van der Waals surface area contributed by atoms with E-state index in [1.807, 2.05) is 20.8 Å². The summed E-state index contributed by atoms with van der Waals surface area (Å²) in [5.41, 5.74) is 1.17. The van der Waals surface area contributed by atoms with Crippen LogP contribution in [0.25, 0.3) is 0 Å². The number of aromatic nitrogens is 1. The van der Waals surface area contributed by atoms with Crippen LogP contribution >= 0.6 is 11.6 Å². The molecular formula is C13H17ClN2O2. The van der Waals surface area contributed by atoms with Gasteiger partial charge in [0.25, 0.3) is 5.91 Å². The molecule has 1 aromatic rings. The molecule has 1 aliphatic heterocycles. The summed E-state index contributed by atoms with van der Waals surface area (Å²) in [5.74, 6) is -0.102. The van der Waals surface area contributed by atoms with Gasteiger partial charge in [-0.1, -0.05) is 32.4 Å². The maximum atomic E-state index is 12.1. The summed E-state index contributed by atoms with van der Waals surface area (Å²) in [6, 6.07) is 3.35. The van der Waals surface area contributed by atoms with Gasteiger partial charge in [-0.05, 0) is 12.1 Å². The van der Waals surface area contributed by atoms with Gasteiger partial charge in [0.2, 0.25) is 0 Å². The van der Waals surface area contributed by atoms with E-state index in [2.05, 4.69) is 4.98 Å². The first-order chi connectivity index (χ1) is 8.27. The molecule has 98 valence electrons. The van der Waals surface area contributed by atoms with Gasteiger partial charge in [0.05, 0.1) is 6.10 Å². The molecule has 18 heavy (non-hydrogen) atoms. The van der Waals surface area contributed by atoms with E-state index in [1.54, 1.807) is 17.0 Å². The summed E-state index contributed by atoms with van der Waals surface area (Å²) in [6.07, 6.45) is -0.395. The molecule has 0 atom stereocenters. The number of pyridine rings is 1. The van der Waals surface area contributed by atoms with Gasteiger partial charge in [0.15, 0.2) is 0 Å². The van der Waals surface area contributed by atoms with E-state index in [1.165, 1.54) is 0 Å². The standard InChI is InChI=1S/C13H17ClN2O2/c1-13(2,3)10-4-8(5-11(14)15-10)12(18)16-6-9(17)7-16/h4-5,9,17H,6-7H2,1-3H3. The molecule has 1 aromatic heterocycles. The molecular weight excluding hydrogens is 252 g/mol. The van der Waals surface area contributed by atoms with Crippen molar-refractivity contribution in [3.63, 3.8) is 0 Å². The van der Waals surface area contributed by atoms with Crippen LogP contribution in [0.2, 0.25) is 5.15 Å². The van der Waals surface area contributed by atoms with Crippen LogP contribution in [0, 0.1) is 0 Å². The van der Waals surface area contributed by atoms with E-state index in [0.29, 0.717) is 23.8 Å². The van der Waals surface area contributed by atoms with E-state index < -0.39 is 6.10 Å². The molecule has 4 nitrogen and oxygen atoms in total. The summed E-state index contributed by atoms with van der Waals surface area (Å²) >= 11 is 5.96. The smallest absolute Gasteiger partial charge is 0.254 e. The van der Waals surface area contributed by atoms with Crippen LogP contribution in [0.3, 0.4) is 0 Å². The number of carbonyl (C=O) groups is 1. The minimum atomic E-state index is -0.395. The number of β-amino-alcohol motifs (C(OH)–C–C–N with tert-alkyl or cyclic N) is 1. The van der Waals surface area contributed by atoms with Crippen LogP contribution in [-0.2, 0) is 5.41 Å². The van der Waals surface area contributed by atoms with Crippen molar-refractivity contribution in [2.75, 3.05) is 13.1 Å². The fraction of sp³-hybridized carbons (Fsp3) is 0.538. The van der Waals surface area contributed by atoms with Gasteiger partial charge in [0.1, 0.15) is 5.15 Å². The molecule has 0 saturated carbocycles. The zero-order valence-corrected chi connectivity index (χ0v) is 11.5. The second-order valence-corrected chi connectivity index (χ2v) is 6.06. The van der Waals surface area contributed by atoms with Crippen molar-refractivity contribution in [1.29, 1.82) is 0 Å². The fourth-order valence-corrected chi connectivity index (χ4v) is 2.02. The van der Waals surface area contributed by atoms with Gasteiger partial charge in [-0.25, -0.2) is 4.98 Å². The van der Waals surface area contributed by atoms with Crippen molar-refractivity contribution < 1.29 is 9.90 Å². The number of hydrogen-bond acceptors (Lipinski definition) is 3. The first-order valence-electron chi connectivity index (χ1n) is 5.93. The SMILES string of the molecule is CC(C)(C)c1cc(C(=O)N2CC(O)C2)cc(Cl)n1. The van der Waals surface area contributed by atoms with Gasteiger partial charge in [-0.2, -0.15) is 0 Å². The Hall–Kier alpha value is -1.13. The third-order valence-corrected chi connectivity index (χ3v) is 3.15. The highest BCUT2D eigenvalue weighted by molar-refractivity contribution is 6.29.